The van der Waals surface area contributed by atoms with E-state index >= 15 is 0 Å². The second-order valence-corrected chi connectivity index (χ2v) is 10.5. The maximum Gasteiger partial charge on any atom is 0.329 e. The Labute approximate surface area is 243 Å². The molecule has 0 aromatic heterocycles. The van der Waals surface area contributed by atoms with Crippen molar-refractivity contribution in [1.82, 2.24) is 9.80 Å². The van der Waals surface area contributed by atoms with Crippen LogP contribution in [-0.4, -0.2) is 88.4 Å². The number of nitrogens with zero attached hydrogens (tertiary/aromatic N) is 2. The average Bonchev–Trinajstić information content (AvgIpc) is 3.03. The van der Waals surface area contributed by atoms with Crippen LogP contribution < -0.4 is 14.2 Å². The molecule has 0 N–H and O–H groups in total. The first-order valence-electron chi connectivity index (χ1n) is 14.7. The Morgan fingerprint density at radius 3 is 2.22 bits per heavy atom. The number of carbonyl (C=O) groups is 2. The number of likely N-dealkylation sites (tertiary alicyclic amines) is 1. The molecule has 2 fully saturated rings. The van der Waals surface area contributed by atoms with Crippen LogP contribution in [0, 0.1) is 0 Å². The van der Waals surface area contributed by atoms with Gasteiger partial charge < -0.3 is 28.6 Å². The molecule has 0 unspecified atom stereocenters. The first kappa shape index (κ1) is 30.7. The van der Waals surface area contributed by atoms with E-state index in [2.05, 4.69) is 4.90 Å². The number of esters is 1. The van der Waals surface area contributed by atoms with Gasteiger partial charge in [0, 0.05) is 32.6 Å². The van der Waals surface area contributed by atoms with Crippen molar-refractivity contribution in [2.75, 3.05) is 60.7 Å². The van der Waals surface area contributed by atoms with Crippen LogP contribution in [0.5, 0.6) is 17.2 Å². The van der Waals surface area contributed by atoms with Crippen molar-refractivity contribution < 1.29 is 33.3 Å². The SMILES string of the molecule is CC[C@H](C(=O)N1CCCC[C@H]1C(=O)O[C@H](CCN1CCOCC1)c1ccccc1)c1cc(OC)c(OC)c(OC)c1. The minimum absolute atomic E-state index is 0.0898. The van der Waals surface area contributed by atoms with Gasteiger partial charge in [0.1, 0.15) is 12.1 Å². The smallest absolute Gasteiger partial charge is 0.329 e. The Bertz CT molecular complexity index is 1110. The first-order chi connectivity index (χ1) is 20.0. The zero-order valence-electron chi connectivity index (χ0n) is 24.8. The van der Waals surface area contributed by atoms with E-state index < -0.39 is 12.0 Å². The number of hydrogen-bond acceptors (Lipinski definition) is 8. The largest absolute Gasteiger partial charge is 0.493 e. The Hall–Kier alpha value is -3.30. The standard InChI is InChI=1S/C32H44N2O7/c1-5-25(24-21-28(37-2)30(39-4)29(22-24)38-3)31(35)34-15-10-9-13-26(34)32(36)41-27(23-11-7-6-8-12-23)14-16-33-17-19-40-20-18-33/h6-8,11-12,21-22,25-27H,5,9-10,13-20H2,1-4H3/t25-,26-,27+/m0/s1. The molecule has 2 saturated heterocycles. The molecule has 9 nitrogen and oxygen atoms in total. The minimum atomic E-state index is -0.623. The molecular formula is C32H44N2O7. The highest BCUT2D eigenvalue weighted by Crippen LogP contribution is 2.41. The summed E-state index contributed by atoms with van der Waals surface area (Å²) in [7, 11) is 4.67. The van der Waals surface area contributed by atoms with Crippen LogP contribution in [0.15, 0.2) is 42.5 Å². The summed E-state index contributed by atoms with van der Waals surface area (Å²) >= 11 is 0. The minimum Gasteiger partial charge on any atom is -0.493 e. The second kappa shape index (κ2) is 15.1. The van der Waals surface area contributed by atoms with Crippen LogP contribution in [-0.2, 0) is 19.1 Å². The normalized spacial score (nSPS) is 19.2. The molecule has 0 spiro atoms. The molecule has 1 amide bonds. The van der Waals surface area contributed by atoms with Gasteiger partial charge in [0.2, 0.25) is 11.7 Å². The molecule has 2 aromatic rings. The summed E-state index contributed by atoms with van der Waals surface area (Å²) in [5, 5.41) is 0. The molecule has 224 valence electrons. The van der Waals surface area contributed by atoms with Gasteiger partial charge in [-0.15, -0.1) is 0 Å². The Kier molecular flexibility index (Phi) is 11.3. The van der Waals surface area contributed by atoms with Crippen LogP contribution in [0.25, 0.3) is 0 Å². The summed E-state index contributed by atoms with van der Waals surface area (Å²) in [6, 6.07) is 12.9. The number of carbonyl (C=O) groups excluding carboxylic acids is 2. The maximum absolute atomic E-state index is 14.1. The van der Waals surface area contributed by atoms with E-state index in [9.17, 15) is 9.59 Å². The Balaban J connectivity index is 1.53. The molecular weight excluding hydrogens is 524 g/mol. The summed E-state index contributed by atoms with van der Waals surface area (Å²) < 4.78 is 28.2. The van der Waals surface area contributed by atoms with Gasteiger partial charge in [-0.3, -0.25) is 9.69 Å². The lowest BCUT2D eigenvalue weighted by molar-refractivity contribution is -0.162. The third kappa shape index (κ3) is 7.51. The van der Waals surface area contributed by atoms with Gasteiger partial charge in [-0.1, -0.05) is 37.3 Å². The lowest BCUT2D eigenvalue weighted by atomic mass is 9.91. The fourth-order valence-electron chi connectivity index (χ4n) is 5.80. The Morgan fingerprint density at radius 2 is 1.61 bits per heavy atom. The van der Waals surface area contributed by atoms with Gasteiger partial charge >= 0.3 is 5.97 Å². The molecule has 0 radical (unpaired) electrons. The highest BCUT2D eigenvalue weighted by atomic mass is 16.5. The van der Waals surface area contributed by atoms with Gasteiger partial charge in [-0.2, -0.15) is 0 Å². The highest BCUT2D eigenvalue weighted by molar-refractivity contribution is 5.89. The number of amides is 1. The summed E-state index contributed by atoms with van der Waals surface area (Å²) in [5.41, 5.74) is 1.73. The maximum atomic E-state index is 14.1. The van der Waals surface area contributed by atoms with Crippen LogP contribution in [0.1, 0.15) is 62.2 Å². The predicted molar refractivity (Wildman–Crippen MR) is 156 cm³/mol. The van der Waals surface area contributed by atoms with Crippen LogP contribution in [0.3, 0.4) is 0 Å². The van der Waals surface area contributed by atoms with Gasteiger partial charge in [0.15, 0.2) is 11.5 Å². The molecule has 2 aliphatic rings. The molecule has 41 heavy (non-hydrogen) atoms. The predicted octanol–water partition coefficient (Wildman–Crippen LogP) is 4.59. The molecule has 3 atom stereocenters. The second-order valence-electron chi connectivity index (χ2n) is 10.5. The molecule has 4 rings (SSSR count). The first-order valence-corrected chi connectivity index (χ1v) is 14.7. The van der Waals surface area contributed by atoms with Gasteiger partial charge in [-0.05, 0) is 48.9 Å². The highest BCUT2D eigenvalue weighted by Gasteiger charge is 2.38. The van der Waals surface area contributed by atoms with E-state index in [0.717, 1.165) is 56.8 Å². The van der Waals surface area contributed by atoms with Gasteiger partial charge in [0.25, 0.3) is 0 Å². The van der Waals surface area contributed by atoms with Crippen LogP contribution >= 0.6 is 0 Å². The van der Waals surface area contributed by atoms with Crippen LogP contribution in [0.2, 0.25) is 0 Å². The van der Waals surface area contributed by atoms with E-state index in [1.165, 1.54) is 0 Å². The van der Waals surface area contributed by atoms with E-state index in [4.69, 9.17) is 23.7 Å². The molecule has 2 heterocycles. The zero-order valence-corrected chi connectivity index (χ0v) is 24.8. The number of benzene rings is 2. The summed E-state index contributed by atoms with van der Waals surface area (Å²) in [6.45, 7) is 6.49. The van der Waals surface area contributed by atoms with Crippen molar-refractivity contribution in [3.8, 4) is 17.2 Å². The Morgan fingerprint density at radius 1 is 0.927 bits per heavy atom. The number of hydrogen-bond donors (Lipinski definition) is 0. The third-order valence-corrected chi connectivity index (χ3v) is 8.09. The number of ether oxygens (including phenoxy) is 5. The van der Waals surface area contributed by atoms with E-state index in [1.807, 2.05) is 49.4 Å². The van der Waals surface area contributed by atoms with Crippen LogP contribution in [0.4, 0.5) is 0 Å². The monoisotopic (exact) mass is 568 g/mol. The third-order valence-electron chi connectivity index (χ3n) is 8.09. The fraction of sp³-hybridized carbons (Fsp3) is 0.562. The zero-order chi connectivity index (χ0) is 29.2. The lowest BCUT2D eigenvalue weighted by Gasteiger charge is -2.37. The van der Waals surface area contributed by atoms with Gasteiger partial charge in [0.05, 0.1) is 40.5 Å². The van der Waals surface area contributed by atoms with Crippen molar-refractivity contribution in [2.24, 2.45) is 0 Å². The summed E-state index contributed by atoms with van der Waals surface area (Å²) in [4.78, 5) is 31.9. The van der Waals surface area contributed by atoms with E-state index in [-0.39, 0.29) is 18.0 Å². The van der Waals surface area contributed by atoms with Crippen molar-refractivity contribution in [2.45, 2.75) is 57.1 Å². The summed E-state index contributed by atoms with van der Waals surface area (Å²) in [5.74, 6) is 0.567. The summed E-state index contributed by atoms with van der Waals surface area (Å²) in [6.07, 6.45) is 3.15. The number of rotatable bonds is 12. The topological polar surface area (TPSA) is 86.8 Å². The van der Waals surface area contributed by atoms with Crippen molar-refractivity contribution in [1.29, 1.82) is 0 Å². The van der Waals surface area contributed by atoms with Crippen molar-refractivity contribution in [3.05, 3.63) is 53.6 Å². The fourth-order valence-corrected chi connectivity index (χ4v) is 5.80. The molecule has 2 aromatic carbocycles. The van der Waals surface area contributed by atoms with Crippen molar-refractivity contribution in [3.63, 3.8) is 0 Å². The molecule has 2 aliphatic heterocycles. The number of piperidine rings is 1. The molecule has 0 bridgehead atoms. The molecule has 0 saturated carbocycles. The number of methoxy groups -OCH3 is 3. The van der Waals surface area contributed by atoms with E-state index in [1.54, 1.807) is 26.2 Å². The van der Waals surface area contributed by atoms with Crippen molar-refractivity contribution >= 4 is 11.9 Å². The average molecular weight is 569 g/mol. The molecule has 0 aliphatic carbocycles. The quantitative estimate of drug-likeness (QED) is 0.344. The lowest BCUT2D eigenvalue weighted by Crippen LogP contribution is -2.50. The van der Waals surface area contributed by atoms with Gasteiger partial charge in [-0.25, -0.2) is 4.79 Å². The number of morpholine rings is 1. The molecule has 9 heteroatoms. The van der Waals surface area contributed by atoms with E-state index in [0.29, 0.717) is 43.1 Å².